The van der Waals surface area contributed by atoms with Crippen molar-refractivity contribution in [2.75, 3.05) is 11.1 Å². The number of rotatable bonds is 7. The molecule has 0 aliphatic rings. The van der Waals surface area contributed by atoms with Crippen LogP contribution < -0.4 is 5.32 Å². The van der Waals surface area contributed by atoms with E-state index in [1.807, 2.05) is 50.6 Å². The fourth-order valence-electron chi connectivity index (χ4n) is 3.00. The smallest absolute Gasteiger partial charge is 0.274 e. The number of anilines is 1. The molecule has 0 aliphatic heterocycles. The summed E-state index contributed by atoms with van der Waals surface area (Å²) < 4.78 is 1.95. The summed E-state index contributed by atoms with van der Waals surface area (Å²) in [6.07, 6.45) is 0.888. The molecule has 1 amide bonds. The largest absolute Gasteiger partial charge is 0.317 e. The molecule has 3 aromatic rings. The zero-order chi connectivity index (χ0) is 20.1. The van der Waals surface area contributed by atoms with E-state index < -0.39 is 0 Å². The highest BCUT2D eigenvalue weighted by atomic mass is 32.2. The van der Waals surface area contributed by atoms with Gasteiger partial charge in [-0.1, -0.05) is 49.0 Å². The van der Waals surface area contributed by atoms with Crippen LogP contribution in [0.4, 0.5) is 5.69 Å². The van der Waals surface area contributed by atoms with Gasteiger partial charge in [0.2, 0.25) is 0 Å². The Morgan fingerprint density at radius 1 is 1.14 bits per heavy atom. The van der Waals surface area contributed by atoms with E-state index >= 15 is 0 Å². The fourth-order valence-corrected chi connectivity index (χ4v) is 3.63. The first-order valence-corrected chi connectivity index (χ1v) is 10.3. The standard InChI is InChI=1S/C21H25N5OS/c1-5-28-21-22-14(2)13-18(23-21)20(27)24-19-15(3)25-26(16(19)4)12-11-17-9-7-6-8-10-17/h6-10,13H,5,11-12H2,1-4H3,(H,24,27). The van der Waals surface area contributed by atoms with Gasteiger partial charge in [-0.15, -0.1) is 0 Å². The number of hydrogen-bond acceptors (Lipinski definition) is 5. The molecule has 0 bridgehead atoms. The Labute approximate surface area is 169 Å². The second kappa shape index (κ2) is 9.01. The molecule has 146 valence electrons. The van der Waals surface area contributed by atoms with Crippen molar-refractivity contribution in [3.63, 3.8) is 0 Å². The molecule has 1 aromatic carbocycles. The molecule has 2 aromatic heterocycles. The first-order valence-electron chi connectivity index (χ1n) is 9.35. The Morgan fingerprint density at radius 3 is 2.61 bits per heavy atom. The van der Waals surface area contributed by atoms with Gasteiger partial charge < -0.3 is 5.32 Å². The lowest BCUT2D eigenvalue weighted by atomic mass is 10.1. The quantitative estimate of drug-likeness (QED) is 0.479. The number of aryl methyl sites for hydroxylation is 4. The van der Waals surface area contributed by atoms with Gasteiger partial charge in [0.1, 0.15) is 5.69 Å². The average Bonchev–Trinajstić information content (AvgIpc) is 2.94. The Balaban J connectivity index is 1.75. The number of aromatic nitrogens is 4. The van der Waals surface area contributed by atoms with Gasteiger partial charge in [0.15, 0.2) is 5.16 Å². The van der Waals surface area contributed by atoms with E-state index in [0.29, 0.717) is 10.9 Å². The van der Waals surface area contributed by atoms with Crippen molar-refractivity contribution in [1.29, 1.82) is 0 Å². The Bertz CT molecular complexity index is 968. The van der Waals surface area contributed by atoms with Gasteiger partial charge in [-0.05, 0) is 44.6 Å². The minimum Gasteiger partial charge on any atom is -0.317 e. The zero-order valence-corrected chi connectivity index (χ0v) is 17.5. The molecule has 3 rings (SSSR count). The van der Waals surface area contributed by atoms with Gasteiger partial charge >= 0.3 is 0 Å². The minimum absolute atomic E-state index is 0.239. The lowest BCUT2D eigenvalue weighted by molar-refractivity contribution is 0.102. The second-order valence-corrected chi connectivity index (χ2v) is 7.80. The number of amides is 1. The second-order valence-electron chi connectivity index (χ2n) is 6.57. The van der Waals surface area contributed by atoms with Crippen LogP contribution in [0.5, 0.6) is 0 Å². The first kappa shape index (κ1) is 20.1. The number of nitrogens with zero attached hydrogens (tertiary/aromatic N) is 4. The molecule has 0 aliphatic carbocycles. The van der Waals surface area contributed by atoms with Gasteiger partial charge in [0, 0.05) is 12.2 Å². The number of nitrogens with one attached hydrogen (secondary N) is 1. The van der Waals surface area contributed by atoms with Crippen LogP contribution in [0.15, 0.2) is 41.6 Å². The van der Waals surface area contributed by atoms with Crippen molar-refractivity contribution >= 4 is 23.4 Å². The SMILES string of the molecule is CCSc1nc(C)cc(C(=O)Nc2c(C)nn(CCc3ccccc3)c2C)n1. The maximum Gasteiger partial charge on any atom is 0.274 e. The molecule has 2 heterocycles. The summed E-state index contributed by atoms with van der Waals surface area (Å²) in [5, 5.41) is 8.21. The van der Waals surface area contributed by atoms with Crippen molar-refractivity contribution in [3.8, 4) is 0 Å². The van der Waals surface area contributed by atoms with Gasteiger partial charge in [0.05, 0.1) is 17.1 Å². The summed E-state index contributed by atoms with van der Waals surface area (Å²) in [5.41, 5.74) is 4.91. The summed E-state index contributed by atoms with van der Waals surface area (Å²) in [6, 6.07) is 12.0. The lowest BCUT2D eigenvalue weighted by Crippen LogP contribution is -2.16. The monoisotopic (exact) mass is 395 g/mol. The lowest BCUT2D eigenvalue weighted by Gasteiger charge is -2.08. The molecule has 28 heavy (non-hydrogen) atoms. The summed E-state index contributed by atoms with van der Waals surface area (Å²) in [4.78, 5) is 21.5. The molecule has 0 saturated heterocycles. The summed E-state index contributed by atoms with van der Waals surface area (Å²) in [5.74, 6) is 0.619. The highest BCUT2D eigenvalue weighted by Gasteiger charge is 2.17. The normalized spacial score (nSPS) is 10.9. The van der Waals surface area contributed by atoms with Gasteiger partial charge in [-0.25, -0.2) is 9.97 Å². The molecular formula is C21H25N5OS. The molecule has 0 saturated carbocycles. The van der Waals surface area contributed by atoms with Crippen LogP contribution in [0.25, 0.3) is 0 Å². The van der Waals surface area contributed by atoms with Crippen molar-refractivity contribution < 1.29 is 4.79 Å². The molecule has 0 atom stereocenters. The van der Waals surface area contributed by atoms with E-state index in [9.17, 15) is 4.79 Å². The highest BCUT2D eigenvalue weighted by molar-refractivity contribution is 7.99. The third-order valence-corrected chi connectivity index (χ3v) is 5.14. The predicted molar refractivity (Wildman–Crippen MR) is 113 cm³/mol. The van der Waals surface area contributed by atoms with E-state index in [-0.39, 0.29) is 5.91 Å². The van der Waals surface area contributed by atoms with Crippen LogP contribution in [-0.2, 0) is 13.0 Å². The van der Waals surface area contributed by atoms with Crippen molar-refractivity contribution in [1.82, 2.24) is 19.7 Å². The number of benzene rings is 1. The third kappa shape index (κ3) is 4.78. The molecular weight excluding hydrogens is 370 g/mol. The van der Waals surface area contributed by atoms with E-state index in [1.165, 1.54) is 17.3 Å². The zero-order valence-electron chi connectivity index (χ0n) is 16.7. The van der Waals surface area contributed by atoms with E-state index in [1.54, 1.807) is 6.07 Å². The van der Waals surface area contributed by atoms with E-state index in [4.69, 9.17) is 0 Å². The molecule has 6 nitrogen and oxygen atoms in total. The molecule has 7 heteroatoms. The number of carbonyl (C=O) groups is 1. The van der Waals surface area contributed by atoms with Crippen LogP contribution >= 0.6 is 11.8 Å². The van der Waals surface area contributed by atoms with E-state index in [2.05, 4.69) is 32.5 Å². The van der Waals surface area contributed by atoms with Crippen LogP contribution in [-0.4, -0.2) is 31.4 Å². The van der Waals surface area contributed by atoms with Crippen LogP contribution in [0.2, 0.25) is 0 Å². The summed E-state index contributed by atoms with van der Waals surface area (Å²) in [6.45, 7) is 8.55. The summed E-state index contributed by atoms with van der Waals surface area (Å²) >= 11 is 1.52. The topological polar surface area (TPSA) is 72.7 Å². The van der Waals surface area contributed by atoms with Gasteiger partial charge in [-0.3, -0.25) is 9.48 Å². The van der Waals surface area contributed by atoms with Crippen LogP contribution in [0, 0.1) is 20.8 Å². The maximum absolute atomic E-state index is 12.8. The number of hydrogen-bond donors (Lipinski definition) is 1. The van der Waals surface area contributed by atoms with Crippen LogP contribution in [0.1, 0.15) is 40.1 Å². The predicted octanol–water partition coefficient (Wildman–Crippen LogP) is 4.21. The summed E-state index contributed by atoms with van der Waals surface area (Å²) in [7, 11) is 0. The molecule has 0 spiro atoms. The maximum atomic E-state index is 12.8. The highest BCUT2D eigenvalue weighted by Crippen LogP contribution is 2.21. The third-order valence-electron chi connectivity index (χ3n) is 4.41. The van der Waals surface area contributed by atoms with E-state index in [0.717, 1.165) is 41.5 Å². The Hall–Kier alpha value is -2.67. The van der Waals surface area contributed by atoms with Crippen molar-refractivity contribution in [2.24, 2.45) is 0 Å². The molecule has 1 N–H and O–H groups in total. The van der Waals surface area contributed by atoms with Gasteiger partial charge in [-0.2, -0.15) is 5.10 Å². The van der Waals surface area contributed by atoms with Crippen molar-refractivity contribution in [2.45, 2.75) is 45.8 Å². The molecule has 0 radical (unpaired) electrons. The fraction of sp³-hybridized carbons (Fsp3) is 0.333. The Morgan fingerprint density at radius 2 is 1.89 bits per heavy atom. The number of thioether (sulfide) groups is 1. The number of carbonyl (C=O) groups excluding carboxylic acids is 1. The first-order chi connectivity index (χ1) is 13.5. The average molecular weight is 396 g/mol. The Kier molecular flexibility index (Phi) is 6.46. The minimum atomic E-state index is -0.239. The molecule has 0 unspecified atom stereocenters. The molecule has 0 fully saturated rings. The van der Waals surface area contributed by atoms with Gasteiger partial charge in [0.25, 0.3) is 5.91 Å². The van der Waals surface area contributed by atoms with Crippen molar-refractivity contribution in [3.05, 3.63) is 64.7 Å². The van der Waals surface area contributed by atoms with Crippen LogP contribution in [0.3, 0.4) is 0 Å².